The van der Waals surface area contributed by atoms with E-state index in [0.29, 0.717) is 12.1 Å². The van der Waals surface area contributed by atoms with E-state index in [-0.39, 0.29) is 0 Å². The normalized spacial score (nSPS) is 14.1. The number of hydrogen-bond donors (Lipinski definition) is 1. The van der Waals surface area contributed by atoms with Crippen molar-refractivity contribution in [2.24, 2.45) is 0 Å². The molecule has 1 heterocycles. The molecule has 21 heavy (non-hydrogen) atoms. The molecule has 0 radical (unpaired) electrons. The van der Waals surface area contributed by atoms with Crippen LogP contribution in [-0.4, -0.2) is 22.9 Å². The third-order valence-corrected chi connectivity index (χ3v) is 4.18. The molecule has 4 heteroatoms. The van der Waals surface area contributed by atoms with Gasteiger partial charge in [-0.25, -0.2) is 0 Å². The van der Waals surface area contributed by atoms with Gasteiger partial charge in [0.05, 0.1) is 5.69 Å². The van der Waals surface area contributed by atoms with Crippen molar-refractivity contribution in [2.75, 3.05) is 7.05 Å². The largest absolute Gasteiger partial charge is 0.316 e. The van der Waals surface area contributed by atoms with Gasteiger partial charge in [-0.2, -0.15) is 5.10 Å². The minimum absolute atomic E-state index is 0.365. The molecule has 2 aromatic rings. The van der Waals surface area contributed by atoms with Crippen molar-refractivity contribution in [1.82, 2.24) is 15.1 Å². The Balaban J connectivity index is 2.00. The molecule has 0 fully saturated rings. The fourth-order valence-electron chi connectivity index (χ4n) is 2.40. The molecule has 1 aromatic carbocycles. The summed E-state index contributed by atoms with van der Waals surface area (Å²) in [6.07, 6.45) is 5.05. The van der Waals surface area contributed by atoms with Crippen molar-refractivity contribution in [3.63, 3.8) is 0 Å². The number of rotatable bonds is 7. The number of halogens is 1. The minimum atomic E-state index is 0.365. The molecule has 3 nitrogen and oxygen atoms in total. The second-order valence-corrected chi connectivity index (χ2v) is 6.00. The zero-order valence-corrected chi connectivity index (χ0v) is 13.8. The molecule has 114 valence electrons. The third kappa shape index (κ3) is 4.58. The first-order valence-corrected chi connectivity index (χ1v) is 7.96. The highest BCUT2D eigenvalue weighted by Crippen LogP contribution is 2.15. The Bertz CT molecular complexity index is 565. The first kappa shape index (κ1) is 16.1. The van der Waals surface area contributed by atoms with Crippen molar-refractivity contribution < 1.29 is 0 Å². The maximum atomic E-state index is 6.05. The van der Waals surface area contributed by atoms with Gasteiger partial charge in [-0.1, -0.05) is 30.7 Å². The lowest BCUT2D eigenvalue weighted by molar-refractivity contribution is 0.467. The van der Waals surface area contributed by atoms with Gasteiger partial charge in [0, 0.05) is 29.7 Å². The topological polar surface area (TPSA) is 29.9 Å². The van der Waals surface area contributed by atoms with Crippen LogP contribution < -0.4 is 5.32 Å². The molecule has 0 aliphatic rings. The Morgan fingerprint density at radius 2 is 2.10 bits per heavy atom. The zero-order valence-electron chi connectivity index (χ0n) is 13.0. The first-order chi connectivity index (χ1) is 10.1. The summed E-state index contributed by atoms with van der Waals surface area (Å²) in [6.45, 7) is 4.37. The van der Waals surface area contributed by atoms with Gasteiger partial charge in [0.2, 0.25) is 0 Å². The highest BCUT2D eigenvalue weighted by Gasteiger charge is 2.12. The van der Waals surface area contributed by atoms with E-state index in [9.17, 15) is 0 Å². The molecule has 1 N–H and O–H groups in total. The van der Waals surface area contributed by atoms with Crippen LogP contribution in [-0.2, 0) is 12.8 Å². The quantitative estimate of drug-likeness (QED) is 0.841. The van der Waals surface area contributed by atoms with Crippen LogP contribution in [0, 0.1) is 0 Å². The predicted molar refractivity (Wildman–Crippen MR) is 88.9 cm³/mol. The van der Waals surface area contributed by atoms with Gasteiger partial charge in [-0.15, -0.1) is 0 Å². The Labute approximate surface area is 132 Å². The summed E-state index contributed by atoms with van der Waals surface area (Å²) in [6, 6.07) is 11.0. The van der Waals surface area contributed by atoms with E-state index in [2.05, 4.69) is 47.3 Å². The first-order valence-electron chi connectivity index (χ1n) is 7.58. The molecule has 1 aromatic heterocycles. The molecule has 0 saturated carbocycles. The molecule has 0 amide bonds. The Morgan fingerprint density at radius 3 is 2.76 bits per heavy atom. The van der Waals surface area contributed by atoms with Gasteiger partial charge in [0.1, 0.15) is 0 Å². The van der Waals surface area contributed by atoms with Gasteiger partial charge in [0.25, 0.3) is 0 Å². The number of hydrogen-bond acceptors (Lipinski definition) is 2. The van der Waals surface area contributed by atoms with Crippen LogP contribution in [0.25, 0.3) is 0 Å². The number of nitrogens with one attached hydrogen (secondary N) is 1. The van der Waals surface area contributed by atoms with Crippen LogP contribution in [0.2, 0.25) is 5.02 Å². The van der Waals surface area contributed by atoms with Crippen molar-refractivity contribution >= 4 is 11.6 Å². The number of likely N-dealkylation sites (N-methyl/N-ethyl adjacent to an activating group) is 1. The molecule has 0 bridgehead atoms. The van der Waals surface area contributed by atoms with Crippen molar-refractivity contribution in [3.8, 4) is 0 Å². The van der Waals surface area contributed by atoms with E-state index in [1.165, 1.54) is 5.56 Å². The molecule has 0 spiro atoms. The van der Waals surface area contributed by atoms with Gasteiger partial charge in [0.15, 0.2) is 0 Å². The number of benzene rings is 1. The van der Waals surface area contributed by atoms with Gasteiger partial charge >= 0.3 is 0 Å². The summed E-state index contributed by atoms with van der Waals surface area (Å²) >= 11 is 6.05. The van der Waals surface area contributed by atoms with Crippen molar-refractivity contribution in [2.45, 2.75) is 45.2 Å². The van der Waals surface area contributed by atoms with E-state index in [0.717, 1.165) is 30.0 Å². The van der Waals surface area contributed by atoms with Crippen molar-refractivity contribution in [3.05, 3.63) is 52.8 Å². The predicted octanol–water partition coefficient (Wildman–Crippen LogP) is 3.88. The van der Waals surface area contributed by atoms with E-state index in [4.69, 9.17) is 11.6 Å². The van der Waals surface area contributed by atoms with Crippen LogP contribution >= 0.6 is 11.6 Å². The summed E-state index contributed by atoms with van der Waals surface area (Å²) in [5.74, 6) is 0. The fraction of sp³-hybridized carbons (Fsp3) is 0.471. The summed E-state index contributed by atoms with van der Waals surface area (Å²) in [7, 11) is 2.00. The van der Waals surface area contributed by atoms with Crippen LogP contribution in [0.3, 0.4) is 0 Å². The summed E-state index contributed by atoms with van der Waals surface area (Å²) in [5, 5.41) is 8.85. The molecule has 2 unspecified atom stereocenters. The molecule has 2 rings (SSSR count). The maximum Gasteiger partial charge on any atom is 0.0640 e. The molecule has 2 atom stereocenters. The third-order valence-electron chi connectivity index (χ3n) is 3.94. The maximum absolute atomic E-state index is 6.05. The van der Waals surface area contributed by atoms with Crippen LogP contribution in [0.1, 0.15) is 37.6 Å². The van der Waals surface area contributed by atoms with E-state index >= 15 is 0 Å². The smallest absolute Gasteiger partial charge is 0.0640 e. The lowest BCUT2D eigenvalue weighted by Gasteiger charge is -2.15. The molecule has 0 aliphatic carbocycles. The molecule has 0 aliphatic heterocycles. The number of nitrogens with zero attached hydrogens (tertiary/aromatic N) is 2. The fourth-order valence-corrected chi connectivity index (χ4v) is 2.61. The highest BCUT2D eigenvalue weighted by atomic mass is 35.5. The lowest BCUT2D eigenvalue weighted by atomic mass is 10.0. The standard InChI is InChI=1S/C17H24ClN3/c1-4-13(2)21-9-8-16(20-21)12-17(19-3)11-14-6-5-7-15(18)10-14/h5-10,13,17,19H,4,11-12H2,1-3H3. The van der Waals surface area contributed by atoms with E-state index in [1.54, 1.807) is 0 Å². The minimum Gasteiger partial charge on any atom is -0.316 e. The Morgan fingerprint density at radius 1 is 1.29 bits per heavy atom. The van der Waals surface area contributed by atoms with Gasteiger partial charge < -0.3 is 5.32 Å². The zero-order chi connectivity index (χ0) is 15.2. The van der Waals surface area contributed by atoms with Gasteiger partial charge in [-0.3, -0.25) is 4.68 Å². The molecular weight excluding hydrogens is 282 g/mol. The Kier molecular flexibility index (Phi) is 5.83. The monoisotopic (exact) mass is 305 g/mol. The second kappa shape index (κ2) is 7.62. The van der Waals surface area contributed by atoms with Crippen LogP contribution in [0.5, 0.6) is 0 Å². The van der Waals surface area contributed by atoms with E-state index < -0.39 is 0 Å². The summed E-state index contributed by atoms with van der Waals surface area (Å²) < 4.78 is 2.06. The van der Waals surface area contributed by atoms with Crippen molar-refractivity contribution in [1.29, 1.82) is 0 Å². The van der Waals surface area contributed by atoms with Crippen LogP contribution in [0.4, 0.5) is 0 Å². The molecule has 0 saturated heterocycles. The summed E-state index contributed by atoms with van der Waals surface area (Å²) in [5.41, 5.74) is 2.39. The SMILES string of the molecule is CCC(C)n1ccc(CC(Cc2cccc(Cl)c2)NC)n1. The average Bonchev–Trinajstić information content (AvgIpc) is 2.94. The highest BCUT2D eigenvalue weighted by molar-refractivity contribution is 6.30. The van der Waals surface area contributed by atoms with Crippen LogP contribution in [0.15, 0.2) is 36.5 Å². The summed E-state index contributed by atoms with van der Waals surface area (Å²) in [4.78, 5) is 0. The van der Waals surface area contributed by atoms with E-state index in [1.807, 2.05) is 25.2 Å². The Hall–Kier alpha value is -1.32. The molecular formula is C17H24ClN3. The average molecular weight is 306 g/mol. The lowest BCUT2D eigenvalue weighted by Crippen LogP contribution is -2.30. The second-order valence-electron chi connectivity index (χ2n) is 5.57. The van der Waals surface area contributed by atoms with Gasteiger partial charge in [-0.05, 0) is 50.6 Å². The number of aromatic nitrogens is 2.